The molecule has 1 N–H and O–H groups in total. The van der Waals surface area contributed by atoms with Gasteiger partial charge in [0.15, 0.2) is 0 Å². The van der Waals surface area contributed by atoms with Gasteiger partial charge < -0.3 is 10.2 Å². The number of likely N-dealkylation sites (tertiary alicyclic amines) is 1. The fourth-order valence-corrected chi connectivity index (χ4v) is 3.15. The van der Waals surface area contributed by atoms with Crippen molar-refractivity contribution in [3.05, 3.63) is 35.9 Å². The zero-order valence-corrected chi connectivity index (χ0v) is 11.9. The number of rotatable bonds is 5. The molecule has 1 aliphatic heterocycles. The standard InChI is InChI=1S/C16H21F3N2/c17-16(18,19)15(13-4-2-1-3-5-13)20-10-12-8-9-21(11-12)14-6-7-14/h1-5,12,14-15,20H,6-11H2. The zero-order valence-electron chi connectivity index (χ0n) is 11.9. The highest BCUT2D eigenvalue weighted by Crippen LogP contribution is 2.34. The third-order valence-corrected chi connectivity index (χ3v) is 4.45. The Morgan fingerprint density at radius 3 is 2.48 bits per heavy atom. The molecule has 1 saturated carbocycles. The summed E-state index contributed by atoms with van der Waals surface area (Å²) in [6.45, 7) is 2.42. The lowest BCUT2D eigenvalue weighted by molar-refractivity contribution is -0.158. The molecule has 1 aromatic rings. The molecular formula is C16H21F3N2. The van der Waals surface area contributed by atoms with Gasteiger partial charge in [0.2, 0.25) is 0 Å². The van der Waals surface area contributed by atoms with E-state index in [9.17, 15) is 13.2 Å². The lowest BCUT2D eigenvalue weighted by Crippen LogP contribution is -2.37. The fourth-order valence-electron chi connectivity index (χ4n) is 3.15. The highest BCUT2D eigenvalue weighted by atomic mass is 19.4. The van der Waals surface area contributed by atoms with E-state index in [1.54, 1.807) is 18.2 Å². The van der Waals surface area contributed by atoms with Crippen LogP contribution in [0.4, 0.5) is 13.2 Å². The third kappa shape index (κ3) is 3.77. The van der Waals surface area contributed by atoms with Crippen LogP contribution in [0.1, 0.15) is 30.9 Å². The quantitative estimate of drug-likeness (QED) is 0.896. The van der Waals surface area contributed by atoms with E-state index >= 15 is 0 Å². The van der Waals surface area contributed by atoms with Crippen LogP contribution in [0.5, 0.6) is 0 Å². The molecule has 2 atom stereocenters. The summed E-state index contributed by atoms with van der Waals surface area (Å²) in [5, 5.41) is 2.75. The van der Waals surface area contributed by atoms with Crippen LogP contribution in [0.15, 0.2) is 30.3 Å². The minimum absolute atomic E-state index is 0.294. The number of nitrogens with zero attached hydrogens (tertiary/aromatic N) is 1. The average molecular weight is 298 g/mol. The Balaban J connectivity index is 1.58. The maximum atomic E-state index is 13.2. The molecule has 1 aliphatic carbocycles. The van der Waals surface area contributed by atoms with Crippen molar-refractivity contribution >= 4 is 0 Å². The summed E-state index contributed by atoms with van der Waals surface area (Å²) in [7, 11) is 0. The van der Waals surface area contributed by atoms with Crippen molar-refractivity contribution in [1.82, 2.24) is 10.2 Å². The van der Waals surface area contributed by atoms with Crippen LogP contribution < -0.4 is 5.32 Å². The van der Waals surface area contributed by atoms with Gasteiger partial charge in [-0.1, -0.05) is 30.3 Å². The lowest BCUT2D eigenvalue weighted by atomic mass is 10.0. The molecular weight excluding hydrogens is 277 g/mol. The second-order valence-electron chi connectivity index (χ2n) is 6.17. The Bertz CT molecular complexity index is 456. The van der Waals surface area contributed by atoms with Crippen LogP contribution in [0.25, 0.3) is 0 Å². The second kappa shape index (κ2) is 5.97. The number of alkyl halides is 3. The van der Waals surface area contributed by atoms with Crippen molar-refractivity contribution in [3.63, 3.8) is 0 Å². The summed E-state index contributed by atoms with van der Waals surface area (Å²) in [6, 6.07) is 7.27. The van der Waals surface area contributed by atoms with Crippen molar-refractivity contribution < 1.29 is 13.2 Å². The first kappa shape index (κ1) is 14.9. The largest absolute Gasteiger partial charge is 0.407 e. The molecule has 2 fully saturated rings. The molecule has 1 aromatic carbocycles. The molecule has 0 bridgehead atoms. The van der Waals surface area contributed by atoms with E-state index in [0.29, 0.717) is 24.1 Å². The van der Waals surface area contributed by atoms with Crippen LogP contribution >= 0.6 is 0 Å². The van der Waals surface area contributed by atoms with Gasteiger partial charge in [-0.2, -0.15) is 13.2 Å². The number of nitrogens with one attached hydrogen (secondary N) is 1. The first-order valence-electron chi connectivity index (χ1n) is 7.63. The Morgan fingerprint density at radius 2 is 1.86 bits per heavy atom. The molecule has 1 heterocycles. The van der Waals surface area contributed by atoms with Crippen LogP contribution in [0.3, 0.4) is 0 Å². The summed E-state index contributed by atoms with van der Waals surface area (Å²) in [5.41, 5.74) is 0.294. The van der Waals surface area contributed by atoms with Crippen molar-refractivity contribution in [1.29, 1.82) is 0 Å². The highest BCUT2D eigenvalue weighted by Gasteiger charge is 2.41. The molecule has 0 amide bonds. The van der Waals surface area contributed by atoms with Crippen molar-refractivity contribution in [2.24, 2.45) is 5.92 Å². The molecule has 0 radical (unpaired) electrons. The Kier molecular flexibility index (Phi) is 4.22. The predicted octanol–water partition coefficient (Wildman–Crippen LogP) is 3.36. The first-order chi connectivity index (χ1) is 10.0. The maximum Gasteiger partial charge on any atom is 0.407 e. The van der Waals surface area contributed by atoms with Gasteiger partial charge in [-0.3, -0.25) is 0 Å². The molecule has 0 aromatic heterocycles. The van der Waals surface area contributed by atoms with Gasteiger partial charge >= 0.3 is 6.18 Å². The van der Waals surface area contributed by atoms with Gasteiger partial charge in [-0.25, -0.2) is 0 Å². The summed E-state index contributed by atoms with van der Waals surface area (Å²) >= 11 is 0. The van der Waals surface area contributed by atoms with Gasteiger partial charge in [-0.05, 0) is 37.3 Å². The molecule has 116 valence electrons. The fraction of sp³-hybridized carbons (Fsp3) is 0.625. The SMILES string of the molecule is FC(F)(F)C(NCC1CCN(C2CC2)C1)c1ccccc1. The van der Waals surface area contributed by atoms with E-state index in [1.807, 2.05) is 0 Å². The molecule has 5 heteroatoms. The minimum atomic E-state index is -4.25. The van der Waals surface area contributed by atoms with E-state index in [-0.39, 0.29) is 0 Å². The zero-order chi connectivity index (χ0) is 14.9. The summed E-state index contributed by atoms with van der Waals surface area (Å²) < 4.78 is 39.7. The number of halogens is 3. The highest BCUT2D eigenvalue weighted by molar-refractivity contribution is 5.20. The third-order valence-electron chi connectivity index (χ3n) is 4.45. The molecule has 21 heavy (non-hydrogen) atoms. The molecule has 0 spiro atoms. The van der Waals surface area contributed by atoms with Crippen LogP contribution in [-0.2, 0) is 0 Å². The van der Waals surface area contributed by atoms with Crippen LogP contribution in [-0.4, -0.2) is 36.8 Å². The van der Waals surface area contributed by atoms with Gasteiger partial charge in [0, 0.05) is 19.1 Å². The lowest BCUT2D eigenvalue weighted by Gasteiger charge is -2.24. The van der Waals surface area contributed by atoms with Crippen molar-refractivity contribution in [2.45, 2.75) is 37.5 Å². The number of hydrogen-bond acceptors (Lipinski definition) is 2. The maximum absolute atomic E-state index is 13.2. The van der Waals surface area contributed by atoms with Gasteiger partial charge in [0.05, 0.1) is 0 Å². The Hall–Kier alpha value is -1.07. The first-order valence-corrected chi connectivity index (χ1v) is 7.63. The number of hydrogen-bond donors (Lipinski definition) is 1. The van der Waals surface area contributed by atoms with E-state index in [2.05, 4.69) is 10.2 Å². The smallest absolute Gasteiger partial charge is 0.302 e. The summed E-state index contributed by atoms with van der Waals surface area (Å²) in [4.78, 5) is 2.43. The monoisotopic (exact) mass is 298 g/mol. The molecule has 1 saturated heterocycles. The summed E-state index contributed by atoms with van der Waals surface area (Å²) in [6.07, 6.45) is -0.732. The normalized spacial score (nSPS) is 25.2. The summed E-state index contributed by atoms with van der Waals surface area (Å²) in [5.74, 6) is 0.333. The van der Waals surface area contributed by atoms with E-state index < -0.39 is 12.2 Å². The van der Waals surface area contributed by atoms with E-state index in [4.69, 9.17) is 0 Å². The van der Waals surface area contributed by atoms with Gasteiger partial charge in [0.1, 0.15) is 6.04 Å². The molecule has 2 nitrogen and oxygen atoms in total. The molecule has 2 unspecified atom stereocenters. The van der Waals surface area contributed by atoms with Crippen molar-refractivity contribution in [2.75, 3.05) is 19.6 Å². The second-order valence-corrected chi connectivity index (χ2v) is 6.17. The minimum Gasteiger partial charge on any atom is -0.302 e. The van der Waals surface area contributed by atoms with Gasteiger partial charge in [0.25, 0.3) is 0 Å². The Labute approximate surface area is 123 Å². The van der Waals surface area contributed by atoms with Crippen molar-refractivity contribution in [3.8, 4) is 0 Å². The van der Waals surface area contributed by atoms with Crippen LogP contribution in [0.2, 0.25) is 0 Å². The van der Waals surface area contributed by atoms with E-state index in [1.165, 1.54) is 25.0 Å². The predicted molar refractivity (Wildman–Crippen MR) is 75.9 cm³/mol. The number of benzene rings is 1. The molecule has 3 rings (SSSR count). The molecule has 2 aliphatic rings. The van der Waals surface area contributed by atoms with E-state index in [0.717, 1.165) is 19.5 Å². The van der Waals surface area contributed by atoms with Crippen LogP contribution in [0, 0.1) is 5.92 Å². The topological polar surface area (TPSA) is 15.3 Å². The Morgan fingerprint density at radius 1 is 1.14 bits per heavy atom. The average Bonchev–Trinajstić information content (AvgIpc) is 3.19. The van der Waals surface area contributed by atoms with Gasteiger partial charge in [-0.15, -0.1) is 0 Å².